The summed E-state index contributed by atoms with van der Waals surface area (Å²) in [6.07, 6.45) is 2.23. The summed E-state index contributed by atoms with van der Waals surface area (Å²) >= 11 is 0. The van der Waals surface area contributed by atoms with E-state index in [1.54, 1.807) is 0 Å². The summed E-state index contributed by atoms with van der Waals surface area (Å²) in [5.74, 6) is 0. The Kier molecular flexibility index (Phi) is 1.83. The van der Waals surface area contributed by atoms with E-state index in [2.05, 4.69) is 0 Å². The second-order valence-electron chi connectivity index (χ2n) is 2.29. The quantitative estimate of drug-likeness (QED) is 0.523. The number of aliphatic hydroxyl groups excluding tert-OH is 1. The minimum Gasteiger partial charge on any atom is -0.393 e. The van der Waals surface area contributed by atoms with E-state index in [-0.39, 0.29) is 6.61 Å². The molecule has 1 heterocycles. The molecule has 0 aromatic rings. The third-order valence-electron chi connectivity index (χ3n) is 1.62. The van der Waals surface area contributed by atoms with Crippen LogP contribution >= 0.6 is 0 Å². The van der Waals surface area contributed by atoms with Crippen molar-refractivity contribution < 1.29 is 14.6 Å². The maximum Gasteiger partial charge on any atom is 0.154 e. The molecule has 1 saturated heterocycles. The van der Waals surface area contributed by atoms with Gasteiger partial charge in [0.05, 0.1) is 6.61 Å². The Hall–Kier alpha value is -0.410. The Bertz CT molecular complexity index is 105. The van der Waals surface area contributed by atoms with Crippen LogP contribution in [0.2, 0.25) is 0 Å². The monoisotopic (exact) mass is 130 g/mol. The van der Waals surface area contributed by atoms with E-state index in [1.807, 2.05) is 0 Å². The van der Waals surface area contributed by atoms with Crippen molar-refractivity contribution in [3.05, 3.63) is 0 Å². The molecule has 1 N–H and O–H groups in total. The molecule has 1 rings (SSSR count). The predicted octanol–water partition coefficient (Wildman–Crippen LogP) is -0.273. The molecule has 0 spiro atoms. The van der Waals surface area contributed by atoms with E-state index in [4.69, 9.17) is 9.84 Å². The van der Waals surface area contributed by atoms with Crippen molar-refractivity contribution in [1.82, 2.24) is 0 Å². The number of aldehydes is 1. The first-order valence-corrected chi connectivity index (χ1v) is 3.04. The number of carbonyl (C=O) groups excluding carboxylic acids is 1. The van der Waals surface area contributed by atoms with Crippen LogP contribution in [0.15, 0.2) is 0 Å². The van der Waals surface area contributed by atoms with Crippen LogP contribution in [-0.4, -0.2) is 30.2 Å². The molecular formula is C6H10O3. The smallest absolute Gasteiger partial charge is 0.154 e. The van der Waals surface area contributed by atoms with Crippen LogP contribution in [0.5, 0.6) is 0 Å². The summed E-state index contributed by atoms with van der Waals surface area (Å²) in [5, 5.41) is 8.66. The second kappa shape index (κ2) is 2.45. The van der Waals surface area contributed by atoms with E-state index in [1.165, 1.54) is 0 Å². The minimum absolute atomic E-state index is 0.184. The Labute approximate surface area is 53.6 Å². The number of hydrogen-bond acceptors (Lipinski definition) is 3. The lowest BCUT2D eigenvalue weighted by Crippen LogP contribution is -2.33. The van der Waals surface area contributed by atoms with Gasteiger partial charge in [-0.05, 0) is 12.8 Å². The van der Waals surface area contributed by atoms with Crippen LogP contribution in [0, 0.1) is 0 Å². The van der Waals surface area contributed by atoms with E-state index >= 15 is 0 Å². The third-order valence-corrected chi connectivity index (χ3v) is 1.62. The molecule has 1 aliphatic rings. The van der Waals surface area contributed by atoms with Gasteiger partial charge in [-0.2, -0.15) is 0 Å². The van der Waals surface area contributed by atoms with E-state index in [9.17, 15) is 4.79 Å². The fraction of sp³-hybridized carbons (Fsp3) is 0.833. The van der Waals surface area contributed by atoms with Gasteiger partial charge in [0, 0.05) is 6.61 Å². The zero-order valence-electron chi connectivity index (χ0n) is 5.17. The summed E-state index contributed by atoms with van der Waals surface area (Å²) < 4.78 is 5.02. The number of aliphatic hydroxyl groups is 1. The average molecular weight is 130 g/mol. The first kappa shape index (κ1) is 6.71. The second-order valence-corrected chi connectivity index (χ2v) is 2.29. The summed E-state index contributed by atoms with van der Waals surface area (Å²) in [6, 6.07) is 0. The SMILES string of the molecule is O=CC1(CO)CCCO1. The Morgan fingerprint density at radius 1 is 1.78 bits per heavy atom. The lowest BCUT2D eigenvalue weighted by atomic mass is 10.0. The van der Waals surface area contributed by atoms with Gasteiger partial charge in [-0.15, -0.1) is 0 Å². The Morgan fingerprint density at radius 3 is 2.78 bits per heavy atom. The van der Waals surface area contributed by atoms with Crippen LogP contribution in [0.25, 0.3) is 0 Å². The highest BCUT2D eigenvalue weighted by molar-refractivity contribution is 5.63. The van der Waals surface area contributed by atoms with E-state index < -0.39 is 5.60 Å². The van der Waals surface area contributed by atoms with Crippen molar-refractivity contribution in [3.8, 4) is 0 Å². The standard InChI is InChI=1S/C6H10O3/c7-4-6(5-8)2-1-3-9-6/h4,8H,1-3,5H2. The molecule has 0 aromatic heterocycles. The zero-order valence-corrected chi connectivity index (χ0v) is 5.17. The largest absolute Gasteiger partial charge is 0.393 e. The van der Waals surface area contributed by atoms with Gasteiger partial charge in [0.2, 0.25) is 0 Å². The first-order chi connectivity index (χ1) is 4.33. The van der Waals surface area contributed by atoms with Gasteiger partial charge in [-0.3, -0.25) is 0 Å². The number of rotatable bonds is 2. The van der Waals surface area contributed by atoms with Crippen molar-refractivity contribution >= 4 is 6.29 Å². The van der Waals surface area contributed by atoms with Crippen molar-refractivity contribution in [2.45, 2.75) is 18.4 Å². The normalized spacial score (nSPS) is 34.8. The van der Waals surface area contributed by atoms with Gasteiger partial charge in [-0.25, -0.2) is 0 Å². The Morgan fingerprint density at radius 2 is 2.56 bits per heavy atom. The zero-order chi connectivity index (χ0) is 6.74. The van der Waals surface area contributed by atoms with Crippen molar-refractivity contribution in [2.75, 3.05) is 13.2 Å². The molecule has 0 aromatic carbocycles. The molecule has 1 fully saturated rings. The summed E-state index contributed by atoms with van der Waals surface area (Å²) in [5.41, 5.74) is -0.847. The molecule has 0 bridgehead atoms. The van der Waals surface area contributed by atoms with Gasteiger partial charge >= 0.3 is 0 Å². The van der Waals surface area contributed by atoms with E-state index in [0.29, 0.717) is 19.3 Å². The molecular weight excluding hydrogens is 120 g/mol. The van der Waals surface area contributed by atoms with Crippen LogP contribution in [0.1, 0.15) is 12.8 Å². The Balaban J connectivity index is 2.55. The van der Waals surface area contributed by atoms with Gasteiger partial charge in [-0.1, -0.05) is 0 Å². The third kappa shape index (κ3) is 1.11. The minimum atomic E-state index is -0.847. The lowest BCUT2D eigenvalue weighted by molar-refractivity contribution is -0.129. The van der Waals surface area contributed by atoms with Crippen LogP contribution < -0.4 is 0 Å². The fourth-order valence-corrected chi connectivity index (χ4v) is 0.974. The molecule has 0 aliphatic carbocycles. The molecule has 3 nitrogen and oxygen atoms in total. The first-order valence-electron chi connectivity index (χ1n) is 3.04. The fourth-order valence-electron chi connectivity index (χ4n) is 0.974. The molecule has 3 heteroatoms. The summed E-state index contributed by atoms with van der Waals surface area (Å²) in [4.78, 5) is 10.3. The summed E-state index contributed by atoms with van der Waals surface area (Å²) in [7, 11) is 0. The molecule has 0 radical (unpaired) electrons. The number of carbonyl (C=O) groups is 1. The summed E-state index contributed by atoms with van der Waals surface area (Å²) in [6.45, 7) is 0.413. The van der Waals surface area contributed by atoms with Gasteiger partial charge in [0.25, 0.3) is 0 Å². The highest BCUT2D eigenvalue weighted by atomic mass is 16.5. The van der Waals surface area contributed by atoms with Crippen molar-refractivity contribution in [1.29, 1.82) is 0 Å². The molecule has 52 valence electrons. The van der Waals surface area contributed by atoms with Crippen LogP contribution in [-0.2, 0) is 9.53 Å². The van der Waals surface area contributed by atoms with Crippen LogP contribution in [0.3, 0.4) is 0 Å². The maximum atomic E-state index is 10.3. The topological polar surface area (TPSA) is 46.5 Å². The van der Waals surface area contributed by atoms with Gasteiger partial charge in [0.1, 0.15) is 5.60 Å². The van der Waals surface area contributed by atoms with Crippen LogP contribution in [0.4, 0.5) is 0 Å². The molecule has 0 amide bonds. The maximum absolute atomic E-state index is 10.3. The molecule has 1 atom stereocenters. The molecule has 1 unspecified atom stereocenters. The molecule has 9 heavy (non-hydrogen) atoms. The van der Waals surface area contributed by atoms with Gasteiger partial charge in [0.15, 0.2) is 6.29 Å². The highest BCUT2D eigenvalue weighted by Gasteiger charge is 2.33. The average Bonchev–Trinajstić information content (AvgIpc) is 2.36. The van der Waals surface area contributed by atoms with Crippen molar-refractivity contribution in [3.63, 3.8) is 0 Å². The van der Waals surface area contributed by atoms with Gasteiger partial charge < -0.3 is 14.6 Å². The van der Waals surface area contributed by atoms with Crippen molar-refractivity contribution in [2.24, 2.45) is 0 Å². The number of hydrogen-bond donors (Lipinski definition) is 1. The highest BCUT2D eigenvalue weighted by Crippen LogP contribution is 2.22. The predicted molar refractivity (Wildman–Crippen MR) is 31.1 cm³/mol. The number of ether oxygens (including phenoxy) is 1. The van der Waals surface area contributed by atoms with E-state index in [0.717, 1.165) is 6.42 Å². The lowest BCUT2D eigenvalue weighted by Gasteiger charge is -2.16. The molecule has 0 saturated carbocycles. The molecule has 1 aliphatic heterocycles.